The Bertz CT molecular complexity index is 1480. The van der Waals surface area contributed by atoms with Crippen LogP contribution in [-0.2, 0) is 16.1 Å². The molecule has 3 aromatic heterocycles. The van der Waals surface area contributed by atoms with E-state index in [1.807, 2.05) is 45.8 Å². The van der Waals surface area contributed by atoms with E-state index >= 15 is 0 Å². The lowest BCUT2D eigenvalue weighted by Gasteiger charge is -2.14. The molecule has 0 spiro atoms. The summed E-state index contributed by atoms with van der Waals surface area (Å²) >= 11 is 0. The van der Waals surface area contributed by atoms with Crippen molar-refractivity contribution in [1.29, 1.82) is 0 Å². The number of carbonyl (C=O) groups excluding carboxylic acids is 2. The number of imidazole rings is 1. The molecule has 1 atom stereocenters. The summed E-state index contributed by atoms with van der Waals surface area (Å²) < 4.78 is 8.36. The topological polar surface area (TPSA) is 192 Å². The van der Waals surface area contributed by atoms with E-state index in [-0.39, 0.29) is 11.5 Å². The number of hydrogen-bond donors (Lipinski definition) is 4. The molecule has 0 aliphatic rings. The van der Waals surface area contributed by atoms with Crippen molar-refractivity contribution in [2.75, 3.05) is 31.3 Å². The number of hydrogen-bond acceptors (Lipinski definition) is 10. The highest BCUT2D eigenvalue weighted by Gasteiger charge is 2.24. The molecule has 0 bridgehead atoms. The fourth-order valence-corrected chi connectivity index (χ4v) is 4.03. The molecule has 0 saturated heterocycles. The van der Waals surface area contributed by atoms with Gasteiger partial charge < -0.3 is 35.3 Å². The smallest absolute Gasteiger partial charge is 0.330 e. The molecule has 208 valence electrons. The van der Waals surface area contributed by atoms with Crippen LogP contribution in [0.25, 0.3) is 16.8 Å². The summed E-state index contributed by atoms with van der Waals surface area (Å²) in [6.45, 7) is 0.387. The Morgan fingerprint density at radius 3 is 2.60 bits per heavy atom. The van der Waals surface area contributed by atoms with Crippen molar-refractivity contribution < 1.29 is 24.4 Å². The minimum absolute atomic E-state index is 0.173. The highest BCUT2D eigenvalue weighted by molar-refractivity contribution is 6.02. The predicted octanol–water partition coefficient (Wildman–Crippen LogP) is 1.99. The zero-order valence-electron chi connectivity index (χ0n) is 21.6. The first-order valence-corrected chi connectivity index (χ1v) is 12.2. The van der Waals surface area contributed by atoms with Crippen molar-refractivity contribution in [3.63, 3.8) is 0 Å². The lowest BCUT2D eigenvalue weighted by atomic mass is 10.0. The van der Waals surface area contributed by atoms with E-state index in [1.165, 1.54) is 19.2 Å². The van der Waals surface area contributed by atoms with Crippen LogP contribution in [0.3, 0.4) is 0 Å². The Balaban J connectivity index is 1.51. The summed E-state index contributed by atoms with van der Waals surface area (Å²) in [5, 5.41) is 26.1. The largest absolute Gasteiger partial charge is 0.467 e. The number of methoxy groups -OCH3 is 1. The average molecular weight is 549 g/mol. The Morgan fingerprint density at radius 1 is 1.20 bits per heavy atom. The van der Waals surface area contributed by atoms with Gasteiger partial charge in [0.2, 0.25) is 5.82 Å². The first-order valence-electron chi connectivity index (χ1n) is 12.2. The van der Waals surface area contributed by atoms with Crippen molar-refractivity contribution in [1.82, 2.24) is 24.4 Å². The van der Waals surface area contributed by atoms with Crippen LogP contribution in [0.15, 0.2) is 67.5 Å². The third-order valence-electron chi connectivity index (χ3n) is 6.08. The molecule has 0 aliphatic carbocycles. The molecule has 0 radical (unpaired) electrons. The van der Waals surface area contributed by atoms with Gasteiger partial charge >= 0.3 is 11.7 Å². The molecule has 14 nitrogen and oxygen atoms in total. The van der Waals surface area contributed by atoms with E-state index in [2.05, 4.69) is 25.3 Å². The standard InChI is InChI=1S/C26H28N8O6/c1-40-26(37)21(15-35)30-25(36)20-14-32(11-2-9-29-23-8-7-22(34(38)39)24(27)31-23)13-19(20)17-3-5-18(6-4-17)33-12-10-28-16-33/h3-8,10,12-14,16,21,35H,2,9,11,15H2,1H3,(H,30,36)(H3,27,29,31). The Labute approximate surface area is 228 Å². The van der Waals surface area contributed by atoms with Crippen LogP contribution in [0, 0.1) is 10.1 Å². The molecule has 1 amide bonds. The Hall–Kier alpha value is -5.24. The zero-order valence-corrected chi connectivity index (χ0v) is 21.6. The van der Waals surface area contributed by atoms with Gasteiger partial charge in [0.15, 0.2) is 6.04 Å². The normalized spacial score (nSPS) is 11.6. The number of aliphatic hydroxyl groups is 1. The molecule has 0 fully saturated rings. The van der Waals surface area contributed by atoms with E-state index in [0.29, 0.717) is 36.5 Å². The van der Waals surface area contributed by atoms with Crippen LogP contribution in [0.1, 0.15) is 16.8 Å². The van der Waals surface area contributed by atoms with Crippen LogP contribution in [0.2, 0.25) is 0 Å². The fourth-order valence-electron chi connectivity index (χ4n) is 4.03. The third kappa shape index (κ3) is 6.42. The van der Waals surface area contributed by atoms with Crippen molar-refractivity contribution in [3.05, 3.63) is 83.2 Å². The lowest BCUT2D eigenvalue weighted by Crippen LogP contribution is -2.44. The number of anilines is 2. The van der Waals surface area contributed by atoms with Crippen molar-refractivity contribution in [2.45, 2.75) is 19.0 Å². The Morgan fingerprint density at radius 2 is 1.98 bits per heavy atom. The number of esters is 1. The quantitative estimate of drug-likeness (QED) is 0.0880. The van der Waals surface area contributed by atoms with Crippen molar-refractivity contribution in [3.8, 4) is 16.8 Å². The number of nitrogens with one attached hydrogen (secondary N) is 2. The minimum atomic E-state index is -1.21. The summed E-state index contributed by atoms with van der Waals surface area (Å²) in [6.07, 6.45) is 9.30. The number of aryl methyl sites for hydroxylation is 1. The summed E-state index contributed by atoms with van der Waals surface area (Å²) in [4.78, 5) is 43.5. The van der Waals surface area contributed by atoms with Gasteiger partial charge in [-0.05, 0) is 30.2 Å². The molecule has 0 aliphatic heterocycles. The number of nitrogens with two attached hydrogens (primary N) is 1. The average Bonchev–Trinajstić information content (AvgIpc) is 3.64. The first-order chi connectivity index (χ1) is 19.3. The number of nitrogens with zero attached hydrogens (tertiary/aromatic N) is 5. The zero-order chi connectivity index (χ0) is 28.6. The van der Waals surface area contributed by atoms with E-state index < -0.39 is 29.4 Å². The van der Waals surface area contributed by atoms with E-state index in [4.69, 9.17) is 5.73 Å². The SMILES string of the molecule is COC(=O)C(CO)NC(=O)c1cn(CCCNc2ccc([N+](=O)[O-])c(N)n2)cc1-c1ccc(-n2ccnc2)cc1. The van der Waals surface area contributed by atoms with Gasteiger partial charge in [0.05, 0.1) is 30.5 Å². The fraction of sp³-hybridized carbons (Fsp3) is 0.231. The second kappa shape index (κ2) is 12.5. The van der Waals surface area contributed by atoms with E-state index in [1.54, 1.807) is 18.7 Å². The molecular formula is C26H28N8O6. The molecular weight excluding hydrogens is 520 g/mol. The van der Waals surface area contributed by atoms with Gasteiger partial charge in [0.1, 0.15) is 5.82 Å². The first kappa shape index (κ1) is 27.8. The molecule has 5 N–H and O–H groups in total. The van der Waals surface area contributed by atoms with Gasteiger partial charge in [0, 0.05) is 55.2 Å². The summed E-state index contributed by atoms with van der Waals surface area (Å²) in [6, 6.07) is 9.12. The molecule has 4 aromatic rings. The lowest BCUT2D eigenvalue weighted by molar-refractivity contribution is -0.384. The second-order valence-corrected chi connectivity index (χ2v) is 8.71. The highest BCUT2D eigenvalue weighted by atomic mass is 16.6. The monoisotopic (exact) mass is 548 g/mol. The Kier molecular flexibility index (Phi) is 8.71. The number of nitro groups is 1. The minimum Gasteiger partial charge on any atom is -0.467 e. The van der Waals surface area contributed by atoms with Gasteiger partial charge in [-0.25, -0.2) is 14.8 Å². The highest BCUT2D eigenvalue weighted by Crippen LogP contribution is 2.27. The van der Waals surface area contributed by atoms with Gasteiger partial charge in [-0.15, -0.1) is 0 Å². The maximum Gasteiger partial charge on any atom is 0.330 e. The van der Waals surface area contributed by atoms with Gasteiger partial charge in [0.25, 0.3) is 5.91 Å². The number of nitrogen functional groups attached to an aromatic ring is 1. The molecule has 1 aromatic carbocycles. The molecule has 3 heterocycles. The summed E-state index contributed by atoms with van der Waals surface area (Å²) in [7, 11) is 1.18. The van der Waals surface area contributed by atoms with Gasteiger partial charge in [-0.2, -0.15) is 0 Å². The summed E-state index contributed by atoms with van der Waals surface area (Å²) in [5.74, 6) is -1.06. The van der Waals surface area contributed by atoms with Gasteiger partial charge in [-0.3, -0.25) is 14.9 Å². The number of aromatic nitrogens is 4. The number of amides is 1. The van der Waals surface area contributed by atoms with Crippen molar-refractivity contribution in [2.24, 2.45) is 0 Å². The van der Waals surface area contributed by atoms with Crippen LogP contribution in [0.4, 0.5) is 17.3 Å². The molecule has 1 unspecified atom stereocenters. The van der Waals surface area contributed by atoms with Gasteiger partial charge in [-0.1, -0.05) is 12.1 Å². The number of ether oxygens (including phenoxy) is 1. The number of aliphatic hydroxyl groups excluding tert-OH is 1. The second-order valence-electron chi connectivity index (χ2n) is 8.71. The van der Waals surface area contributed by atoms with E-state index in [9.17, 15) is 24.8 Å². The van der Waals surface area contributed by atoms with Crippen LogP contribution in [0.5, 0.6) is 0 Å². The number of pyridine rings is 1. The molecule has 4 rings (SSSR count). The van der Waals surface area contributed by atoms with Crippen LogP contribution < -0.4 is 16.4 Å². The maximum atomic E-state index is 13.2. The van der Waals surface area contributed by atoms with Crippen LogP contribution in [-0.4, -0.2) is 67.3 Å². The molecule has 40 heavy (non-hydrogen) atoms. The summed E-state index contributed by atoms with van der Waals surface area (Å²) in [5.41, 5.74) is 8.00. The number of carbonyl (C=O) groups is 2. The third-order valence-corrected chi connectivity index (χ3v) is 6.08. The predicted molar refractivity (Wildman–Crippen MR) is 146 cm³/mol. The number of benzene rings is 1. The molecule has 14 heteroatoms. The number of rotatable bonds is 12. The van der Waals surface area contributed by atoms with E-state index in [0.717, 1.165) is 11.3 Å². The molecule has 0 saturated carbocycles. The maximum absolute atomic E-state index is 13.2. The van der Waals surface area contributed by atoms with Crippen molar-refractivity contribution >= 4 is 29.2 Å². The van der Waals surface area contributed by atoms with Crippen LogP contribution >= 0.6 is 0 Å².